The van der Waals surface area contributed by atoms with Crippen molar-refractivity contribution in [3.05, 3.63) is 24.3 Å². The lowest BCUT2D eigenvalue weighted by Gasteiger charge is -2.28. The lowest BCUT2D eigenvalue weighted by atomic mass is 10.0. The van der Waals surface area contributed by atoms with Crippen molar-refractivity contribution in [2.45, 2.75) is 19.8 Å². The highest BCUT2D eigenvalue weighted by atomic mass is 16.5. The van der Waals surface area contributed by atoms with Crippen molar-refractivity contribution in [3.63, 3.8) is 0 Å². The molecule has 1 aliphatic rings. The molecule has 1 atom stereocenters. The summed E-state index contributed by atoms with van der Waals surface area (Å²) in [6, 6.07) is 8.30. The van der Waals surface area contributed by atoms with Gasteiger partial charge in [0, 0.05) is 18.7 Å². The van der Waals surface area contributed by atoms with Gasteiger partial charge in [-0.3, -0.25) is 0 Å². The highest BCUT2D eigenvalue weighted by Gasteiger charge is 2.21. The van der Waals surface area contributed by atoms with Crippen LogP contribution >= 0.6 is 0 Å². The number of hydrogen-bond donors (Lipinski definition) is 0. The number of anilines is 1. The molecule has 5 nitrogen and oxygen atoms in total. The zero-order valence-electron chi connectivity index (χ0n) is 11.9. The zero-order valence-corrected chi connectivity index (χ0v) is 11.9. The predicted octanol–water partition coefficient (Wildman–Crippen LogP) is 2.98. The minimum atomic E-state index is 0.626. The summed E-state index contributed by atoms with van der Waals surface area (Å²) in [6.07, 6.45) is 2.46. The van der Waals surface area contributed by atoms with Gasteiger partial charge in [-0.2, -0.15) is 4.98 Å². The van der Waals surface area contributed by atoms with Gasteiger partial charge >= 0.3 is 6.01 Å². The van der Waals surface area contributed by atoms with Gasteiger partial charge in [-0.1, -0.05) is 12.1 Å². The van der Waals surface area contributed by atoms with E-state index in [0.29, 0.717) is 17.8 Å². The van der Waals surface area contributed by atoms with Gasteiger partial charge in [0.15, 0.2) is 0 Å². The van der Waals surface area contributed by atoms with Crippen LogP contribution in [0.15, 0.2) is 28.8 Å². The van der Waals surface area contributed by atoms with Crippen LogP contribution in [0.4, 0.5) is 6.01 Å². The Morgan fingerprint density at radius 3 is 2.80 bits per heavy atom. The molecule has 20 heavy (non-hydrogen) atoms. The average Bonchev–Trinajstić information content (AvgIpc) is 2.97. The highest BCUT2D eigenvalue weighted by Crippen LogP contribution is 2.25. The molecule has 1 saturated heterocycles. The third-order valence-corrected chi connectivity index (χ3v) is 3.69. The smallest absolute Gasteiger partial charge is 0.324 e. The molecule has 1 fully saturated rings. The second kappa shape index (κ2) is 5.53. The lowest BCUT2D eigenvalue weighted by Crippen LogP contribution is -2.34. The number of piperidine rings is 1. The highest BCUT2D eigenvalue weighted by molar-refractivity contribution is 5.56. The fourth-order valence-electron chi connectivity index (χ4n) is 2.56. The predicted molar refractivity (Wildman–Crippen MR) is 76.9 cm³/mol. The number of ether oxygens (including phenoxy) is 1. The van der Waals surface area contributed by atoms with E-state index >= 15 is 0 Å². The molecule has 0 spiro atoms. The molecule has 1 aliphatic heterocycles. The molecule has 0 amide bonds. The van der Waals surface area contributed by atoms with E-state index in [1.165, 1.54) is 12.8 Å². The average molecular weight is 273 g/mol. The van der Waals surface area contributed by atoms with Crippen LogP contribution in [-0.2, 0) is 0 Å². The minimum absolute atomic E-state index is 0.626. The number of hydrogen-bond acceptors (Lipinski definition) is 5. The summed E-state index contributed by atoms with van der Waals surface area (Å²) in [6.45, 7) is 4.24. The number of methoxy groups -OCH3 is 1. The van der Waals surface area contributed by atoms with Crippen molar-refractivity contribution >= 4 is 6.01 Å². The van der Waals surface area contributed by atoms with Crippen LogP contribution in [0.1, 0.15) is 19.8 Å². The first-order valence-corrected chi connectivity index (χ1v) is 6.99. The molecule has 0 unspecified atom stereocenters. The van der Waals surface area contributed by atoms with Crippen LogP contribution in [0.25, 0.3) is 11.4 Å². The molecule has 2 heterocycles. The van der Waals surface area contributed by atoms with E-state index in [1.807, 2.05) is 24.3 Å². The summed E-state index contributed by atoms with van der Waals surface area (Å²) >= 11 is 0. The van der Waals surface area contributed by atoms with Crippen molar-refractivity contribution in [1.82, 2.24) is 10.1 Å². The van der Waals surface area contributed by atoms with E-state index in [9.17, 15) is 0 Å². The molecule has 0 saturated carbocycles. The van der Waals surface area contributed by atoms with Crippen molar-refractivity contribution in [1.29, 1.82) is 0 Å². The summed E-state index contributed by atoms with van der Waals surface area (Å²) in [5, 5.41) is 4.07. The summed E-state index contributed by atoms with van der Waals surface area (Å²) in [7, 11) is 1.65. The maximum Gasteiger partial charge on any atom is 0.324 e. The molecule has 0 N–H and O–H groups in total. The molecule has 1 aromatic carbocycles. The fourth-order valence-corrected chi connectivity index (χ4v) is 2.56. The van der Waals surface area contributed by atoms with E-state index in [0.717, 1.165) is 24.4 Å². The van der Waals surface area contributed by atoms with Gasteiger partial charge in [0.2, 0.25) is 5.82 Å². The standard InChI is InChI=1S/C15H19N3O2/c1-11-4-3-9-18(10-11)15-16-14(17-20-15)12-5-7-13(19-2)8-6-12/h5-8,11H,3-4,9-10H2,1-2H3/t11-/m0/s1. The molecule has 106 valence electrons. The van der Waals surface area contributed by atoms with Gasteiger partial charge in [0.25, 0.3) is 0 Å². The molecule has 3 rings (SSSR count). The SMILES string of the molecule is COc1ccc(-c2noc(N3CCC[C@H](C)C3)n2)cc1. The van der Waals surface area contributed by atoms with E-state index in [4.69, 9.17) is 9.26 Å². The van der Waals surface area contributed by atoms with Crippen molar-refractivity contribution in [2.75, 3.05) is 25.1 Å². The molecule has 1 aromatic heterocycles. The summed E-state index contributed by atoms with van der Waals surface area (Å²) < 4.78 is 10.5. The topological polar surface area (TPSA) is 51.4 Å². The van der Waals surface area contributed by atoms with Crippen LogP contribution in [0.2, 0.25) is 0 Å². The third-order valence-electron chi connectivity index (χ3n) is 3.69. The zero-order chi connectivity index (χ0) is 13.9. The van der Waals surface area contributed by atoms with Gasteiger partial charge < -0.3 is 14.2 Å². The quantitative estimate of drug-likeness (QED) is 0.860. The number of aromatic nitrogens is 2. The first kappa shape index (κ1) is 13.0. The Labute approximate surface area is 118 Å². The maximum atomic E-state index is 5.40. The van der Waals surface area contributed by atoms with Crippen LogP contribution < -0.4 is 9.64 Å². The van der Waals surface area contributed by atoms with Gasteiger partial charge in [0.05, 0.1) is 7.11 Å². The van der Waals surface area contributed by atoms with E-state index < -0.39 is 0 Å². The van der Waals surface area contributed by atoms with Gasteiger partial charge in [-0.15, -0.1) is 0 Å². The molecule has 2 aromatic rings. The summed E-state index contributed by atoms with van der Waals surface area (Å²) in [5.74, 6) is 2.13. The second-order valence-electron chi connectivity index (χ2n) is 5.32. The first-order valence-electron chi connectivity index (χ1n) is 6.99. The summed E-state index contributed by atoms with van der Waals surface area (Å²) in [4.78, 5) is 6.68. The van der Waals surface area contributed by atoms with Crippen LogP contribution in [-0.4, -0.2) is 30.3 Å². The van der Waals surface area contributed by atoms with E-state index in [1.54, 1.807) is 7.11 Å². The Hall–Kier alpha value is -2.04. The van der Waals surface area contributed by atoms with Gasteiger partial charge in [0.1, 0.15) is 5.75 Å². The van der Waals surface area contributed by atoms with Crippen LogP contribution in [0.5, 0.6) is 5.75 Å². The van der Waals surface area contributed by atoms with Crippen molar-refractivity contribution in [3.8, 4) is 17.1 Å². The number of nitrogens with zero attached hydrogens (tertiary/aromatic N) is 3. The van der Waals surface area contributed by atoms with Crippen LogP contribution in [0, 0.1) is 5.92 Å². The number of benzene rings is 1. The maximum absolute atomic E-state index is 5.40. The Morgan fingerprint density at radius 1 is 1.30 bits per heavy atom. The largest absolute Gasteiger partial charge is 0.497 e. The Balaban J connectivity index is 1.78. The normalized spacial score (nSPS) is 19.1. The fraction of sp³-hybridized carbons (Fsp3) is 0.467. The second-order valence-corrected chi connectivity index (χ2v) is 5.32. The van der Waals surface area contributed by atoms with Crippen LogP contribution in [0.3, 0.4) is 0 Å². The molecule has 0 aliphatic carbocycles. The third kappa shape index (κ3) is 2.61. The summed E-state index contributed by atoms with van der Waals surface area (Å²) in [5.41, 5.74) is 0.936. The molecular weight excluding hydrogens is 254 g/mol. The first-order chi connectivity index (χ1) is 9.76. The van der Waals surface area contributed by atoms with E-state index in [-0.39, 0.29) is 0 Å². The Bertz CT molecular complexity index is 565. The molecule has 5 heteroatoms. The van der Waals surface area contributed by atoms with Gasteiger partial charge in [-0.05, 0) is 43.0 Å². The Kier molecular flexibility index (Phi) is 3.58. The van der Waals surface area contributed by atoms with Gasteiger partial charge in [-0.25, -0.2) is 0 Å². The number of rotatable bonds is 3. The Morgan fingerprint density at radius 2 is 2.10 bits per heavy atom. The van der Waals surface area contributed by atoms with E-state index in [2.05, 4.69) is 22.0 Å². The van der Waals surface area contributed by atoms with Crippen molar-refractivity contribution < 1.29 is 9.26 Å². The molecule has 0 radical (unpaired) electrons. The monoisotopic (exact) mass is 273 g/mol. The molecular formula is C15H19N3O2. The molecule has 0 bridgehead atoms. The minimum Gasteiger partial charge on any atom is -0.497 e. The lowest BCUT2D eigenvalue weighted by molar-refractivity contribution is 0.376. The van der Waals surface area contributed by atoms with Crippen molar-refractivity contribution in [2.24, 2.45) is 5.92 Å².